The van der Waals surface area contributed by atoms with Gasteiger partial charge in [-0.3, -0.25) is 9.10 Å². The molecule has 1 amide bonds. The first-order valence-electron chi connectivity index (χ1n) is 13.2. The molecule has 1 aliphatic heterocycles. The average Bonchev–Trinajstić information content (AvgIpc) is 3.17. The Balaban J connectivity index is 1.17. The van der Waals surface area contributed by atoms with Crippen LogP contribution in [-0.2, 0) is 16.6 Å². The smallest absolute Gasteiger partial charge is 0.271 e. The molecule has 4 aromatic rings. The van der Waals surface area contributed by atoms with Crippen molar-refractivity contribution in [3.05, 3.63) is 102 Å². The quantitative estimate of drug-likeness (QED) is 0.138. The van der Waals surface area contributed by atoms with E-state index in [1.807, 2.05) is 48.5 Å². The molecule has 0 spiro atoms. The summed E-state index contributed by atoms with van der Waals surface area (Å²) < 4.78 is 33.6. The van der Waals surface area contributed by atoms with Gasteiger partial charge in [-0.1, -0.05) is 62.6 Å². The Bertz CT molecular complexity index is 1590. The van der Waals surface area contributed by atoms with Crippen molar-refractivity contribution >= 4 is 38.6 Å². The molecule has 7 nitrogen and oxygen atoms in total. The van der Waals surface area contributed by atoms with Crippen LogP contribution in [0.2, 0.25) is 0 Å². The predicted molar refractivity (Wildman–Crippen MR) is 155 cm³/mol. The molecule has 0 atom stereocenters. The Kier molecular flexibility index (Phi) is 7.93. The lowest BCUT2D eigenvalue weighted by Gasteiger charge is -2.19. The van der Waals surface area contributed by atoms with Gasteiger partial charge < -0.3 is 4.74 Å². The van der Waals surface area contributed by atoms with Crippen LogP contribution in [-0.4, -0.2) is 27.1 Å². The second kappa shape index (κ2) is 11.7. The van der Waals surface area contributed by atoms with Gasteiger partial charge in [0.2, 0.25) is 0 Å². The molecule has 0 unspecified atom stereocenters. The maximum absolute atomic E-state index is 13.2. The number of hydrogen-bond acceptors (Lipinski definition) is 5. The zero-order valence-corrected chi connectivity index (χ0v) is 22.7. The van der Waals surface area contributed by atoms with Crippen molar-refractivity contribution in [2.45, 2.75) is 44.0 Å². The fraction of sp³-hybridized carbons (Fsp3) is 0.226. The Morgan fingerprint density at radius 3 is 2.41 bits per heavy atom. The zero-order chi connectivity index (χ0) is 27.2. The van der Waals surface area contributed by atoms with Gasteiger partial charge in [0.25, 0.3) is 15.9 Å². The topological polar surface area (TPSA) is 88.1 Å². The highest BCUT2D eigenvalue weighted by molar-refractivity contribution is 7.93. The van der Waals surface area contributed by atoms with Crippen molar-refractivity contribution < 1.29 is 17.9 Å². The molecule has 1 heterocycles. The van der Waals surface area contributed by atoms with Crippen LogP contribution in [0.25, 0.3) is 10.8 Å². The molecule has 0 aliphatic carbocycles. The van der Waals surface area contributed by atoms with Crippen LogP contribution in [0.4, 0.5) is 5.69 Å². The molecule has 0 saturated heterocycles. The third kappa shape index (κ3) is 5.81. The first kappa shape index (κ1) is 26.4. The second-order valence-electron chi connectivity index (χ2n) is 9.52. The third-order valence-corrected chi connectivity index (χ3v) is 8.55. The van der Waals surface area contributed by atoms with Crippen molar-refractivity contribution in [2.24, 2.45) is 5.10 Å². The number of sulfonamides is 1. The van der Waals surface area contributed by atoms with E-state index in [2.05, 4.69) is 17.5 Å². The number of rotatable bonds is 11. The number of hydrogen-bond donors (Lipinski definition) is 1. The molecule has 0 bridgehead atoms. The van der Waals surface area contributed by atoms with E-state index in [0.29, 0.717) is 22.8 Å². The van der Waals surface area contributed by atoms with Crippen LogP contribution in [0.15, 0.2) is 94.9 Å². The fourth-order valence-electron chi connectivity index (χ4n) is 4.65. The minimum Gasteiger partial charge on any atom is -0.494 e. The molecule has 8 heteroatoms. The summed E-state index contributed by atoms with van der Waals surface area (Å²) in [7, 11) is -3.65. The SMILES string of the molecule is CCCCCCOc1ccc(/C=N\NC(=O)c2ccc(CN3c4cccc5cccc(c45)S3(=O)=O)cc2)cc1. The number of carbonyl (C=O) groups is 1. The van der Waals surface area contributed by atoms with E-state index in [9.17, 15) is 13.2 Å². The summed E-state index contributed by atoms with van der Waals surface area (Å²) in [5, 5.41) is 5.70. The van der Waals surface area contributed by atoms with Crippen molar-refractivity contribution in [3.63, 3.8) is 0 Å². The Labute approximate surface area is 229 Å². The number of anilines is 1. The molecule has 0 saturated carbocycles. The highest BCUT2D eigenvalue weighted by Crippen LogP contribution is 2.42. The molecule has 1 aliphatic rings. The van der Waals surface area contributed by atoms with E-state index >= 15 is 0 Å². The number of benzene rings is 4. The number of carbonyl (C=O) groups excluding carboxylic acids is 1. The summed E-state index contributed by atoms with van der Waals surface area (Å²) >= 11 is 0. The summed E-state index contributed by atoms with van der Waals surface area (Å²) in [5.74, 6) is 0.464. The summed E-state index contributed by atoms with van der Waals surface area (Å²) in [5.41, 5.74) is 5.25. The van der Waals surface area contributed by atoms with E-state index in [1.54, 1.807) is 42.6 Å². The maximum Gasteiger partial charge on any atom is 0.271 e. The van der Waals surface area contributed by atoms with E-state index in [-0.39, 0.29) is 12.5 Å². The summed E-state index contributed by atoms with van der Waals surface area (Å²) in [6.07, 6.45) is 6.23. The lowest BCUT2D eigenvalue weighted by atomic mass is 10.1. The van der Waals surface area contributed by atoms with Crippen molar-refractivity contribution in [3.8, 4) is 5.75 Å². The van der Waals surface area contributed by atoms with Gasteiger partial charge in [-0.2, -0.15) is 5.10 Å². The minimum atomic E-state index is -3.65. The highest BCUT2D eigenvalue weighted by atomic mass is 32.2. The van der Waals surface area contributed by atoms with Gasteiger partial charge in [-0.05, 0) is 71.5 Å². The monoisotopic (exact) mass is 541 g/mol. The first-order valence-corrected chi connectivity index (χ1v) is 14.6. The number of unbranched alkanes of at least 4 members (excludes halogenated alkanes) is 3. The molecule has 5 rings (SSSR count). The molecule has 0 radical (unpaired) electrons. The number of nitrogens with one attached hydrogen (secondary N) is 1. The Morgan fingerprint density at radius 2 is 1.67 bits per heavy atom. The molecular weight excluding hydrogens is 510 g/mol. The number of nitrogens with zero attached hydrogens (tertiary/aromatic N) is 2. The number of ether oxygens (including phenoxy) is 1. The molecule has 1 N–H and O–H groups in total. The van der Waals surface area contributed by atoms with Gasteiger partial charge >= 0.3 is 0 Å². The van der Waals surface area contributed by atoms with E-state index in [4.69, 9.17) is 4.74 Å². The Morgan fingerprint density at radius 1 is 0.923 bits per heavy atom. The van der Waals surface area contributed by atoms with Gasteiger partial charge in [0, 0.05) is 10.9 Å². The van der Waals surface area contributed by atoms with Crippen LogP contribution < -0.4 is 14.5 Å². The van der Waals surface area contributed by atoms with Gasteiger partial charge in [-0.25, -0.2) is 13.8 Å². The van der Waals surface area contributed by atoms with Crippen molar-refractivity contribution in [1.82, 2.24) is 5.43 Å². The maximum atomic E-state index is 13.2. The molecule has 39 heavy (non-hydrogen) atoms. The van der Waals surface area contributed by atoms with Gasteiger partial charge in [-0.15, -0.1) is 0 Å². The minimum absolute atomic E-state index is 0.175. The number of hydrazone groups is 1. The van der Waals surface area contributed by atoms with Crippen LogP contribution in [0.5, 0.6) is 5.75 Å². The lowest BCUT2D eigenvalue weighted by Crippen LogP contribution is -2.26. The van der Waals surface area contributed by atoms with Crippen LogP contribution >= 0.6 is 0 Å². The van der Waals surface area contributed by atoms with Crippen LogP contribution in [0.3, 0.4) is 0 Å². The van der Waals surface area contributed by atoms with E-state index < -0.39 is 10.0 Å². The largest absolute Gasteiger partial charge is 0.494 e. The van der Waals surface area contributed by atoms with Crippen molar-refractivity contribution in [1.29, 1.82) is 0 Å². The Hall–Kier alpha value is -4.17. The van der Waals surface area contributed by atoms with Crippen LogP contribution in [0.1, 0.15) is 54.1 Å². The summed E-state index contributed by atoms with van der Waals surface area (Å²) in [6, 6.07) is 25.3. The van der Waals surface area contributed by atoms with Crippen LogP contribution in [0, 0.1) is 0 Å². The molecular formula is C31H31N3O4S. The zero-order valence-electron chi connectivity index (χ0n) is 21.8. The first-order chi connectivity index (χ1) is 19.0. The molecule has 0 fully saturated rings. The number of amides is 1. The molecule has 4 aromatic carbocycles. The van der Waals surface area contributed by atoms with E-state index in [0.717, 1.165) is 34.1 Å². The predicted octanol–water partition coefficient (Wildman–Crippen LogP) is 6.27. The summed E-state index contributed by atoms with van der Waals surface area (Å²) in [6.45, 7) is 3.07. The van der Waals surface area contributed by atoms with Gasteiger partial charge in [0.1, 0.15) is 5.75 Å². The molecule has 200 valence electrons. The summed E-state index contributed by atoms with van der Waals surface area (Å²) in [4.78, 5) is 12.9. The van der Waals surface area contributed by atoms with Gasteiger partial charge in [0.05, 0.1) is 29.9 Å². The normalized spacial score (nSPS) is 13.7. The lowest BCUT2D eigenvalue weighted by molar-refractivity contribution is 0.0955. The van der Waals surface area contributed by atoms with Crippen molar-refractivity contribution in [2.75, 3.05) is 10.9 Å². The average molecular weight is 542 g/mol. The fourth-order valence-corrected chi connectivity index (χ4v) is 6.35. The highest BCUT2D eigenvalue weighted by Gasteiger charge is 2.35. The van der Waals surface area contributed by atoms with Gasteiger partial charge in [0.15, 0.2) is 0 Å². The standard InChI is InChI=1S/C31H31N3O4S/c1-2-3-4-5-20-38-27-18-14-23(15-19-27)21-32-33-31(35)26-16-12-24(13-17-26)22-34-28-10-6-8-25-9-7-11-29(30(25)28)39(34,36)37/h6-19,21H,2-5,20,22H2,1H3,(H,33,35)/b32-21-. The molecule has 0 aromatic heterocycles. The second-order valence-corrected chi connectivity index (χ2v) is 11.3. The van der Waals surface area contributed by atoms with E-state index in [1.165, 1.54) is 23.6 Å². The third-order valence-electron chi connectivity index (χ3n) is 6.75.